The van der Waals surface area contributed by atoms with E-state index in [0.29, 0.717) is 16.3 Å². The van der Waals surface area contributed by atoms with E-state index < -0.39 is 0 Å². The molecule has 4 nitrogen and oxygen atoms in total. The predicted octanol–water partition coefficient (Wildman–Crippen LogP) is 3.11. The summed E-state index contributed by atoms with van der Waals surface area (Å²) in [6, 6.07) is 4.66. The van der Waals surface area contributed by atoms with Crippen LogP contribution in [0.2, 0.25) is 0 Å². The first-order valence-electron chi connectivity index (χ1n) is 6.24. The first kappa shape index (κ1) is 12.7. The lowest BCUT2D eigenvalue weighted by Crippen LogP contribution is -2.28. The monoisotopic (exact) mass is 325 g/mol. The van der Waals surface area contributed by atoms with E-state index in [1.54, 1.807) is 12.1 Å². The standard InChI is InChI=1S/C13H13BrFN3O/c14-10-6-8(3-4-11(10)15)13-17-12(18-19-13)9-2-1-5-16-7-9/h3-4,6,9,16H,1-2,5,7H2. The van der Waals surface area contributed by atoms with Gasteiger partial charge in [-0.15, -0.1) is 0 Å². The van der Waals surface area contributed by atoms with Crippen LogP contribution in [-0.2, 0) is 0 Å². The molecule has 1 unspecified atom stereocenters. The van der Waals surface area contributed by atoms with Gasteiger partial charge in [0.2, 0.25) is 0 Å². The molecule has 0 spiro atoms. The number of benzene rings is 1. The molecule has 0 saturated carbocycles. The fraction of sp³-hybridized carbons (Fsp3) is 0.385. The second-order valence-corrected chi connectivity index (χ2v) is 5.48. The Morgan fingerprint density at radius 2 is 2.32 bits per heavy atom. The topological polar surface area (TPSA) is 51.0 Å². The zero-order valence-electron chi connectivity index (χ0n) is 10.2. The zero-order valence-corrected chi connectivity index (χ0v) is 11.8. The molecule has 1 atom stereocenters. The lowest BCUT2D eigenvalue weighted by molar-refractivity contribution is 0.393. The van der Waals surface area contributed by atoms with Gasteiger partial charge < -0.3 is 9.84 Å². The first-order valence-corrected chi connectivity index (χ1v) is 7.03. The SMILES string of the molecule is Fc1ccc(-c2nc(C3CCCNC3)no2)cc1Br. The Morgan fingerprint density at radius 1 is 1.42 bits per heavy atom. The van der Waals surface area contributed by atoms with Gasteiger partial charge in [0.25, 0.3) is 5.89 Å². The molecular formula is C13H13BrFN3O. The van der Waals surface area contributed by atoms with Crippen molar-refractivity contribution < 1.29 is 8.91 Å². The maximum atomic E-state index is 13.2. The van der Waals surface area contributed by atoms with Gasteiger partial charge in [-0.3, -0.25) is 0 Å². The van der Waals surface area contributed by atoms with E-state index in [9.17, 15) is 4.39 Å². The van der Waals surface area contributed by atoms with Crippen LogP contribution in [0, 0.1) is 5.82 Å². The minimum absolute atomic E-state index is 0.301. The first-order chi connectivity index (χ1) is 9.24. The molecule has 1 aromatic heterocycles. The molecule has 1 N–H and O–H groups in total. The normalized spacial score (nSPS) is 19.6. The van der Waals surface area contributed by atoms with E-state index in [-0.39, 0.29) is 5.82 Å². The summed E-state index contributed by atoms with van der Waals surface area (Å²) in [7, 11) is 0. The Balaban J connectivity index is 1.85. The van der Waals surface area contributed by atoms with Gasteiger partial charge >= 0.3 is 0 Å². The average Bonchev–Trinajstić information content (AvgIpc) is 2.93. The third-order valence-electron chi connectivity index (χ3n) is 3.27. The Labute approximate surface area is 118 Å². The van der Waals surface area contributed by atoms with Crippen molar-refractivity contribution in [3.63, 3.8) is 0 Å². The van der Waals surface area contributed by atoms with Crippen LogP contribution in [0.3, 0.4) is 0 Å². The molecule has 100 valence electrons. The quantitative estimate of drug-likeness (QED) is 0.921. The number of nitrogens with zero attached hydrogens (tertiary/aromatic N) is 2. The van der Waals surface area contributed by atoms with Gasteiger partial charge in [0.15, 0.2) is 5.82 Å². The van der Waals surface area contributed by atoms with E-state index in [1.165, 1.54) is 6.07 Å². The van der Waals surface area contributed by atoms with Crippen LogP contribution >= 0.6 is 15.9 Å². The highest BCUT2D eigenvalue weighted by molar-refractivity contribution is 9.10. The Bertz CT molecular complexity index is 581. The van der Waals surface area contributed by atoms with Crippen LogP contribution in [0.25, 0.3) is 11.5 Å². The molecule has 19 heavy (non-hydrogen) atoms. The fourth-order valence-electron chi connectivity index (χ4n) is 2.22. The Kier molecular flexibility index (Phi) is 3.61. The number of halogens is 2. The molecule has 0 aliphatic carbocycles. The van der Waals surface area contributed by atoms with Gasteiger partial charge in [-0.05, 0) is 53.5 Å². The number of nitrogens with one attached hydrogen (secondary N) is 1. The van der Waals surface area contributed by atoms with Crippen LogP contribution < -0.4 is 5.32 Å². The summed E-state index contributed by atoms with van der Waals surface area (Å²) < 4.78 is 18.8. The molecule has 3 rings (SSSR count). The number of aromatic nitrogens is 2. The van der Waals surface area contributed by atoms with Crippen molar-refractivity contribution in [2.24, 2.45) is 0 Å². The van der Waals surface area contributed by atoms with Gasteiger partial charge in [0, 0.05) is 18.0 Å². The lowest BCUT2D eigenvalue weighted by atomic mass is 9.99. The van der Waals surface area contributed by atoms with Crippen LogP contribution in [-0.4, -0.2) is 23.2 Å². The van der Waals surface area contributed by atoms with Crippen molar-refractivity contribution in [3.8, 4) is 11.5 Å². The van der Waals surface area contributed by atoms with E-state index in [0.717, 1.165) is 37.3 Å². The molecule has 0 amide bonds. The minimum atomic E-state index is -0.306. The summed E-state index contributed by atoms with van der Waals surface area (Å²) >= 11 is 3.15. The van der Waals surface area contributed by atoms with Crippen molar-refractivity contribution in [2.45, 2.75) is 18.8 Å². The van der Waals surface area contributed by atoms with Crippen molar-refractivity contribution in [1.29, 1.82) is 0 Å². The Morgan fingerprint density at radius 3 is 3.05 bits per heavy atom. The third-order valence-corrected chi connectivity index (χ3v) is 3.88. The van der Waals surface area contributed by atoms with Gasteiger partial charge in [0.1, 0.15) is 5.82 Å². The van der Waals surface area contributed by atoms with Crippen LogP contribution in [0.5, 0.6) is 0 Å². The highest BCUT2D eigenvalue weighted by Gasteiger charge is 2.21. The Hall–Kier alpha value is -1.27. The van der Waals surface area contributed by atoms with Crippen LogP contribution in [0.1, 0.15) is 24.6 Å². The highest BCUT2D eigenvalue weighted by Crippen LogP contribution is 2.26. The summed E-state index contributed by atoms with van der Waals surface area (Å²) in [5, 5.41) is 7.35. The summed E-state index contributed by atoms with van der Waals surface area (Å²) in [5.41, 5.74) is 0.718. The molecule has 1 aromatic carbocycles. The van der Waals surface area contributed by atoms with Gasteiger partial charge in [-0.2, -0.15) is 4.98 Å². The maximum absolute atomic E-state index is 13.2. The van der Waals surface area contributed by atoms with Crippen molar-refractivity contribution in [2.75, 3.05) is 13.1 Å². The molecule has 1 saturated heterocycles. The predicted molar refractivity (Wildman–Crippen MR) is 72.2 cm³/mol. The molecule has 6 heteroatoms. The van der Waals surface area contributed by atoms with E-state index >= 15 is 0 Å². The van der Waals surface area contributed by atoms with Gasteiger partial charge in [-0.1, -0.05) is 5.16 Å². The van der Waals surface area contributed by atoms with E-state index in [4.69, 9.17) is 4.52 Å². The molecular weight excluding hydrogens is 313 g/mol. The van der Waals surface area contributed by atoms with Crippen molar-refractivity contribution in [1.82, 2.24) is 15.5 Å². The summed E-state index contributed by atoms with van der Waals surface area (Å²) in [5.74, 6) is 1.15. The van der Waals surface area contributed by atoms with E-state index in [2.05, 4.69) is 31.4 Å². The number of hydrogen-bond donors (Lipinski definition) is 1. The van der Waals surface area contributed by atoms with Gasteiger partial charge in [-0.25, -0.2) is 4.39 Å². The number of rotatable bonds is 2. The highest BCUT2D eigenvalue weighted by atomic mass is 79.9. The molecule has 0 bridgehead atoms. The largest absolute Gasteiger partial charge is 0.334 e. The fourth-order valence-corrected chi connectivity index (χ4v) is 2.60. The molecule has 1 aliphatic rings. The smallest absolute Gasteiger partial charge is 0.257 e. The minimum Gasteiger partial charge on any atom is -0.334 e. The van der Waals surface area contributed by atoms with Crippen molar-refractivity contribution >= 4 is 15.9 Å². The molecule has 0 radical (unpaired) electrons. The summed E-state index contributed by atoms with van der Waals surface area (Å²) in [6.45, 7) is 1.93. The van der Waals surface area contributed by atoms with Crippen LogP contribution in [0.15, 0.2) is 27.2 Å². The second kappa shape index (κ2) is 5.38. The maximum Gasteiger partial charge on any atom is 0.257 e. The summed E-state index contributed by atoms with van der Waals surface area (Å²) in [4.78, 5) is 4.41. The molecule has 1 fully saturated rings. The molecule has 2 aromatic rings. The molecule has 2 heterocycles. The molecule has 1 aliphatic heterocycles. The van der Waals surface area contributed by atoms with Gasteiger partial charge in [0.05, 0.1) is 4.47 Å². The zero-order chi connectivity index (χ0) is 13.2. The van der Waals surface area contributed by atoms with Crippen molar-refractivity contribution in [3.05, 3.63) is 34.3 Å². The number of hydrogen-bond acceptors (Lipinski definition) is 4. The van der Waals surface area contributed by atoms with E-state index in [1.807, 2.05) is 0 Å². The summed E-state index contributed by atoms with van der Waals surface area (Å²) in [6.07, 6.45) is 2.19. The number of piperidine rings is 1. The lowest BCUT2D eigenvalue weighted by Gasteiger charge is -2.19. The third kappa shape index (κ3) is 2.69. The van der Waals surface area contributed by atoms with Crippen LogP contribution in [0.4, 0.5) is 4.39 Å². The second-order valence-electron chi connectivity index (χ2n) is 4.63. The average molecular weight is 326 g/mol.